The second-order valence-electron chi connectivity index (χ2n) is 5.69. The summed E-state index contributed by atoms with van der Waals surface area (Å²) in [6.07, 6.45) is 0.725. The highest BCUT2D eigenvalue weighted by atomic mass is 19.4. The van der Waals surface area contributed by atoms with Gasteiger partial charge in [-0.1, -0.05) is 30.2 Å². The average Bonchev–Trinajstić information content (AvgIpc) is 2.66. The number of halogens is 3. The van der Waals surface area contributed by atoms with Gasteiger partial charge in [0.2, 0.25) is 0 Å². The summed E-state index contributed by atoms with van der Waals surface area (Å²) in [6, 6.07) is 12.3. The first-order valence-corrected chi connectivity index (χ1v) is 8.15. The maximum atomic E-state index is 12.4. The van der Waals surface area contributed by atoms with Crippen LogP contribution in [0.25, 0.3) is 0 Å². The normalized spacial score (nSPS) is 10.8. The number of carbonyl (C=O) groups is 2. The number of terminal acetylenes is 1. The molecule has 0 aromatic heterocycles. The molecule has 0 radical (unpaired) electrons. The van der Waals surface area contributed by atoms with E-state index >= 15 is 0 Å². The van der Waals surface area contributed by atoms with Gasteiger partial charge in [-0.3, -0.25) is 9.59 Å². The van der Waals surface area contributed by atoms with Gasteiger partial charge in [0.1, 0.15) is 6.61 Å². The predicted octanol–water partition coefficient (Wildman–Crippen LogP) is 3.38. The fraction of sp³-hybridized carbons (Fsp3) is 0.200. The van der Waals surface area contributed by atoms with Crippen LogP contribution in [-0.2, 0) is 11.3 Å². The highest BCUT2D eigenvalue weighted by Gasteiger charge is 2.27. The number of amides is 2. The number of hydrogen-bond acceptors (Lipinski definition) is 3. The zero-order valence-corrected chi connectivity index (χ0v) is 14.7. The van der Waals surface area contributed by atoms with Crippen LogP contribution in [0.15, 0.2) is 48.5 Å². The quantitative estimate of drug-likeness (QED) is 0.713. The van der Waals surface area contributed by atoms with E-state index in [0.717, 1.165) is 0 Å². The SMILES string of the molecule is C#CCNC(=O)c1ccccc1NC(=O)c1ccc(COCC(F)(F)F)cc1. The van der Waals surface area contributed by atoms with Crippen LogP contribution in [-0.4, -0.2) is 31.1 Å². The van der Waals surface area contributed by atoms with Gasteiger partial charge in [-0.2, -0.15) is 13.2 Å². The zero-order chi connectivity index (χ0) is 20.6. The summed E-state index contributed by atoms with van der Waals surface area (Å²) in [6.45, 7) is -1.51. The number of hydrogen-bond donors (Lipinski definition) is 2. The third-order valence-electron chi connectivity index (χ3n) is 3.52. The van der Waals surface area contributed by atoms with E-state index in [9.17, 15) is 22.8 Å². The maximum Gasteiger partial charge on any atom is 0.411 e. The number of rotatable bonds is 7. The highest BCUT2D eigenvalue weighted by Crippen LogP contribution is 2.18. The summed E-state index contributed by atoms with van der Waals surface area (Å²) in [4.78, 5) is 24.5. The molecule has 0 saturated carbocycles. The fourth-order valence-corrected chi connectivity index (χ4v) is 2.25. The number of carbonyl (C=O) groups excluding carboxylic acids is 2. The van der Waals surface area contributed by atoms with Crippen LogP contribution in [0.4, 0.5) is 18.9 Å². The Labute approximate surface area is 159 Å². The molecule has 28 heavy (non-hydrogen) atoms. The lowest BCUT2D eigenvalue weighted by atomic mass is 10.1. The van der Waals surface area contributed by atoms with Crippen molar-refractivity contribution in [3.8, 4) is 12.3 Å². The fourth-order valence-electron chi connectivity index (χ4n) is 2.25. The highest BCUT2D eigenvalue weighted by molar-refractivity contribution is 6.09. The van der Waals surface area contributed by atoms with E-state index in [0.29, 0.717) is 11.3 Å². The first-order valence-electron chi connectivity index (χ1n) is 8.15. The van der Waals surface area contributed by atoms with E-state index in [2.05, 4.69) is 21.3 Å². The molecule has 0 aliphatic heterocycles. The molecule has 8 heteroatoms. The number of anilines is 1. The summed E-state index contributed by atoms with van der Waals surface area (Å²) < 4.78 is 40.8. The van der Waals surface area contributed by atoms with Crippen molar-refractivity contribution in [1.82, 2.24) is 5.32 Å². The van der Waals surface area contributed by atoms with Crippen molar-refractivity contribution in [3.63, 3.8) is 0 Å². The van der Waals surface area contributed by atoms with Crippen molar-refractivity contribution in [2.75, 3.05) is 18.5 Å². The third-order valence-corrected chi connectivity index (χ3v) is 3.52. The summed E-state index contributed by atoms with van der Waals surface area (Å²) >= 11 is 0. The van der Waals surface area contributed by atoms with Gasteiger partial charge < -0.3 is 15.4 Å². The van der Waals surface area contributed by atoms with Gasteiger partial charge in [0.05, 0.1) is 24.4 Å². The molecule has 0 unspecified atom stereocenters. The molecule has 5 nitrogen and oxygen atoms in total. The van der Waals surface area contributed by atoms with Gasteiger partial charge in [-0.25, -0.2) is 0 Å². The number of para-hydroxylation sites is 1. The summed E-state index contributed by atoms with van der Waals surface area (Å²) in [5.74, 6) is 1.39. The summed E-state index contributed by atoms with van der Waals surface area (Å²) in [7, 11) is 0. The minimum atomic E-state index is -4.39. The van der Waals surface area contributed by atoms with Crippen molar-refractivity contribution in [1.29, 1.82) is 0 Å². The van der Waals surface area contributed by atoms with Crippen LogP contribution in [0.2, 0.25) is 0 Å². The second-order valence-corrected chi connectivity index (χ2v) is 5.69. The minimum Gasteiger partial charge on any atom is -0.367 e. The molecule has 0 atom stereocenters. The van der Waals surface area contributed by atoms with Gasteiger partial charge in [-0.15, -0.1) is 6.42 Å². The number of benzene rings is 2. The number of nitrogens with one attached hydrogen (secondary N) is 2. The lowest BCUT2D eigenvalue weighted by Crippen LogP contribution is -2.25. The first kappa shape index (κ1) is 21.0. The van der Waals surface area contributed by atoms with E-state index in [-0.39, 0.29) is 24.3 Å². The Morgan fingerprint density at radius 2 is 1.71 bits per heavy atom. The Hall–Kier alpha value is -3.31. The minimum absolute atomic E-state index is 0.0545. The third kappa shape index (κ3) is 6.45. The topological polar surface area (TPSA) is 67.4 Å². The number of alkyl halides is 3. The number of ether oxygens (including phenoxy) is 1. The van der Waals surface area contributed by atoms with Gasteiger partial charge >= 0.3 is 6.18 Å². The average molecular weight is 390 g/mol. The second kappa shape index (κ2) is 9.58. The predicted molar refractivity (Wildman–Crippen MR) is 97.7 cm³/mol. The van der Waals surface area contributed by atoms with Crippen molar-refractivity contribution in [2.24, 2.45) is 0 Å². The van der Waals surface area contributed by atoms with Crippen molar-refractivity contribution in [3.05, 3.63) is 65.2 Å². The zero-order valence-electron chi connectivity index (χ0n) is 14.7. The molecule has 0 fully saturated rings. The van der Waals surface area contributed by atoms with E-state index in [4.69, 9.17) is 6.42 Å². The van der Waals surface area contributed by atoms with Gasteiger partial charge in [0.15, 0.2) is 0 Å². The van der Waals surface area contributed by atoms with Crippen LogP contribution >= 0.6 is 0 Å². The molecule has 2 N–H and O–H groups in total. The molecule has 2 aromatic carbocycles. The molecule has 0 aliphatic rings. The molecule has 2 rings (SSSR count). The molecule has 0 spiro atoms. The van der Waals surface area contributed by atoms with Crippen LogP contribution in [0.3, 0.4) is 0 Å². The molecular weight excluding hydrogens is 373 g/mol. The molecule has 2 amide bonds. The van der Waals surface area contributed by atoms with Crippen molar-refractivity contribution >= 4 is 17.5 Å². The van der Waals surface area contributed by atoms with Crippen molar-refractivity contribution in [2.45, 2.75) is 12.8 Å². The molecular formula is C20H17F3N2O3. The van der Waals surface area contributed by atoms with Crippen LogP contribution in [0.5, 0.6) is 0 Å². The molecule has 0 bridgehead atoms. The van der Waals surface area contributed by atoms with E-state index in [1.165, 1.54) is 24.3 Å². The maximum absolute atomic E-state index is 12.4. The lowest BCUT2D eigenvalue weighted by molar-refractivity contribution is -0.176. The van der Waals surface area contributed by atoms with Crippen LogP contribution in [0.1, 0.15) is 26.3 Å². The smallest absolute Gasteiger partial charge is 0.367 e. The lowest BCUT2D eigenvalue weighted by Gasteiger charge is -2.11. The monoisotopic (exact) mass is 390 g/mol. The Morgan fingerprint density at radius 1 is 1.04 bits per heavy atom. The molecule has 0 heterocycles. The van der Waals surface area contributed by atoms with E-state index in [1.54, 1.807) is 24.3 Å². The first-order chi connectivity index (χ1) is 13.3. The molecule has 2 aromatic rings. The summed E-state index contributed by atoms with van der Waals surface area (Å²) in [5, 5.41) is 5.15. The molecule has 0 saturated heterocycles. The standard InChI is InChI=1S/C20H17F3N2O3/c1-2-11-24-19(27)16-5-3-4-6-17(16)25-18(26)15-9-7-14(8-10-15)12-28-13-20(21,22)23/h1,3-10H,11-13H2,(H,24,27)(H,25,26). The largest absolute Gasteiger partial charge is 0.411 e. The van der Waals surface area contributed by atoms with Crippen LogP contribution < -0.4 is 10.6 Å². The van der Waals surface area contributed by atoms with E-state index in [1.807, 2.05) is 0 Å². The molecule has 0 aliphatic carbocycles. The Kier molecular flexibility index (Phi) is 7.18. The van der Waals surface area contributed by atoms with Crippen molar-refractivity contribution < 1.29 is 27.5 Å². The van der Waals surface area contributed by atoms with Crippen LogP contribution in [0, 0.1) is 12.3 Å². The molecule has 146 valence electrons. The van der Waals surface area contributed by atoms with Gasteiger partial charge in [0, 0.05) is 5.56 Å². The van der Waals surface area contributed by atoms with E-state index < -0.39 is 24.6 Å². The van der Waals surface area contributed by atoms with Gasteiger partial charge in [-0.05, 0) is 29.8 Å². The van der Waals surface area contributed by atoms with Gasteiger partial charge in [0.25, 0.3) is 11.8 Å². The Balaban J connectivity index is 2.02. The Morgan fingerprint density at radius 3 is 2.36 bits per heavy atom. The summed E-state index contributed by atoms with van der Waals surface area (Å²) in [5.41, 5.74) is 1.33. The Bertz CT molecular complexity index is 872.